The number of hydrogen-bond acceptors (Lipinski definition) is 6. The molecule has 0 bridgehead atoms. The lowest BCUT2D eigenvalue weighted by atomic mass is 10.2. The summed E-state index contributed by atoms with van der Waals surface area (Å²) in [4.78, 5) is 20.5. The van der Waals surface area contributed by atoms with Gasteiger partial charge in [0.15, 0.2) is 11.5 Å². The molecule has 1 unspecified atom stereocenters. The Kier molecular flexibility index (Phi) is 2.98. The Hall–Kier alpha value is -1.89. The number of nitrogens with zero attached hydrogens (tertiary/aromatic N) is 5. The highest BCUT2D eigenvalue weighted by Crippen LogP contribution is 2.24. The molecule has 1 atom stereocenters. The van der Waals surface area contributed by atoms with Gasteiger partial charge in [0.1, 0.15) is 5.52 Å². The van der Waals surface area contributed by atoms with Crippen molar-refractivity contribution < 1.29 is 0 Å². The highest BCUT2D eigenvalue weighted by atomic mass is 15.3. The van der Waals surface area contributed by atoms with Gasteiger partial charge >= 0.3 is 0 Å². The predicted octanol–water partition coefficient (Wildman–Crippen LogP) is 0.465. The van der Waals surface area contributed by atoms with Gasteiger partial charge in [0.05, 0.1) is 6.33 Å². The maximum absolute atomic E-state index is 5.77. The fourth-order valence-electron chi connectivity index (χ4n) is 2.72. The van der Waals surface area contributed by atoms with Crippen LogP contribution in [0, 0.1) is 0 Å². The second kappa shape index (κ2) is 4.65. The van der Waals surface area contributed by atoms with E-state index in [0.717, 1.165) is 37.5 Å². The summed E-state index contributed by atoms with van der Waals surface area (Å²) in [7, 11) is 0. The summed E-state index contributed by atoms with van der Waals surface area (Å²) in [6.07, 6.45) is 1.63. The summed E-state index contributed by atoms with van der Waals surface area (Å²) in [6.45, 7) is 8.45. The number of fused-ring (bicyclic) bond motifs is 1. The Morgan fingerprint density at radius 1 is 1.42 bits per heavy atom. The molecule has 0 amide bonds. The van der Waals surface area contributed by atoms with E-state index < -0.39 is 0 Å². The van der Waals surface area contributed by atoms with Gasteiger partial charge in [0.25, 0.3) is 0 Å². The first-order chi connectivity index (χ1) is 9.19. The number of aromatic amines is 1. The second-order valence-electron chi connectivity index (χ2n) is 4.93. The SMILES string of the molecule is CCN1CCN(c2nc(N)nc3nc[nH]c23)CC1C. The van der Waals surface area contributed by atoms with E-state index in [1.165, 1.54) is 0 Å². The average molecular weight is 261 g/mol. The number of aromatic nitrogens is 4. The minimum absolute atomic E-state index is 0.278. The van der Waals surface area contributed by atoms with Crippen LogP contribution < -0.4 is 10.6 Å². The first kappa shape index (κ1) is 12.2. The number of nitrogen functional groups attached to an aromatic ring is 1. The fraction of sp³-hybridized carbons (Fsp3) is 0.583. The number of likely N-dealkylation sites (N-methyl/N-ethyl adjacent to an activating group) is 1. The van der Waals surface area contributed by atoms with Crippen molar-refractivity contribution in [3.8, 4) is 0 Å². The van der Waals surface area contributed by atoms with Gasteiger partial charge in [-0.25, -0.2) is 4.98 Å². The monoisotopic (exact) mass is 261 g/mol. The third-order valence-electron chi connectivity index (χ3n) is 3.75. The molecule has 0 saturated carbocycles. The molecule has 1 aliphatic heterocycles. The van der Waals surface area contributed by atoms with Crippen LogP contribution in [0.25, 0.3) is 11.2 Å². The van der Waals surface area contributed by atoms with Crippen LogP contribution in [0.4, 0.5) is 11.8 Å². The summed E-state index contributed by atoms with van der Waals surface area (Å²) in [5.74, 6) is 1.14. The molecule has 3 heterocycles. The van der Waals surface area contributed by atoms with E-state index in [9.17, 15) is 0 Å². The molecule has 7 heteroatoms. The maximum Gasteiger partial charge on any atom is 0.224 e. The standard InChI is InChI=1S/C12H19N7/c1-3-18-4-5-19(6-8(18)2)11-9-10(15-7-14-9)16-12(13)17-11/h7-8H,3-6H2,1-2H3,(H3,13,14,15,16,17). The van der Waals surface area contributed by atoms with Crippen LogP contribution in [0.5, 0.6) is 0 Å². The van der Waals surface area contributed by atoms with Crippen molar-refractivity contribution in [3.63, 3.8) is 0 Å². The number of H-pyrrole nitrogens is 1. The van der Waals surface area contributed by atoms with Crippen LogP contribution >= 0.6 is 0 Å². The van der Waals surface area contributed by atoms with E-state index in [1.54, 1.807) is 6.33 Å². The zero-order valence-corrected chi connectivity index (χ0v) is 11.3. The quantitative estimate of drug-likeness (QED) is 0.817. The zero-order chi connectivity index (χ0) is 13.4. The summed E-state index contributed by atoms with van der Waals surface area (Å²) < 4.78 is 0. The number of rotatable bonds is 2. The molecule has 0 spiro atoms. The molecule has 1 aliphatic rings. The Balaban J connectivity index is 1.94. The molecule has 3 rings (SSSR count). The van der Waals surface area contributed by atoms with Crippen molar-refractivity contribution in [2.75, 3.05) is 36.8 Å². The molecule has 1 saturated heterocycles. The molecule has 0 radical (unpaired) electrons. The Labute approximate surface area is 111 Å². The van der Waals surface area contributed by atoms with Gasteiger partial charge in [0.2, 0.25) is 5.95 Å². The number of anilines is 2. The molecule has 19 heavy (non-hydrogen) atoms. The number of nitrogens with one attached hydrogen (secondary N) is 1. The van der Waals surface area contributed by atoms with Crippen molar-refractivity contribution in [3.05, 3.63) is 6.33 Å². The Morgan fingerprint density at radius 3 is 3.00 bits per heavy atom. The molecular formula is C12H19N7. The van der Waals surface area contributed by atoms with E-state index in [0.29, 0.717) is 11.7 Å². The van der Waals surface area contributed by atoms with Crippen molar-refractivity contribution in [1.29, 1.82) is 0 Å². The minimum Gasteiger partial charge on any atom is -0.368 e. The summed E-state index contributed by atoms with van der Waals surface area (Å²) >= 11 is 0. The van der Waals surface area contributed by atoms with Crippen LogP contribution in [-0.2, 0) is 0 Å². The molecule has 102 valence electrons. The molecule has 3 N–H and O–H groups in total. The third kappa shape index (κ3) is 2.10. The Bertz CT molecular complexity index is 578. The zero-order valence-electron chi connectivity index (χ0n) is 11.3. The topological polar surface area (TPSA) is 87.0 Å². The second-order valence-corrected chi connectivity index (χ2v) is 4.93. The van der Waals surface area contributed by atoms with Crippen LogP contribution in [0.2, 0.25) is 0 Å². The summed E-state index contributed by atoms with van der Waals surface area (Å²) in [5, 5.41) is 0. The lowest BCUT2D eigenvalue weighted by molar-refractivity contribution is 0.199. The minimum atomic E-state index is 0.278. The molecule has 7 nitrogen and oxygen atoms in total. The van der Waals surface area contributed by atoms with E-state index in [2.05, 4.69) is 43.6 Å². The van der Waals surface area contributed by atoms with Crippen LogP contribution in [-0.4, -0.2) is 57.1 Å². The lowest BCUT2D eigenvalue weighted by Gasteiger charge is -2.39. The molecule has 1 fully saturated rings. The van der Waals surface area contributed by atoms with Crippen molar-refractivity contribution in [2.24, 2.45) is 0 Å². The smallest absolute Gasteiger partial charge is 0.224 e. The van der Waals surface area contributed by atoms with Gasteiger partial charge in [-0.3, -0.25) is 4.90 Å². The van der Waals surface area contributed by atoms with Gasteiger partial charge in [-0.05, 0) is 13.5 Å². The fourth-order valence-corrected chi connectivity index (χ4v) is 2.72. The molecule has 0 aliphatic carbocycles. The lowest BCUT2D eigenvalue weighted by Crippen LogP contribution is -2.52. The number of hydrogen-bond donors (Lipinski definition) is 2. The van der Waals surface area contributed by atoms with Crippen LogP contribution in [0.1, 0.15) is 13.8 Å². The average Bonchev–Trinajstić information content (AvgIpc) is 2.85. The normalized spacial score (nSPS) is 21.2. The summed E-state index contributed by atoms with van der Waals surface area (Å²) in [6, 6.07) is 0.507. The molecule has 2 aromatic heterocycles. The van der Waals surface area contributed by atoms with Gasteiger partial charge in [-0.2, -0.15) is 9.97 Å². The van der Waals surface area contributed by atoms with Gasteiger partial charge in [-0.15, -0.1) is 0 Å². The van der Waals surface area contributed by atoms with Crippen molar-refractivity contribution >= 4 is 22.9 Å². The summed E-state index contributed by atoms with van der Waals surface area (Å²) in [5.41, 5.74) is 7.26. The highest BCUT2D eigenvalue weighted by Gasteiger charge is 2.25. The van der Waals surface area contributed by atoms with Crippen LogP contribution in [0.15, 0.2) is 6.33 Å². The van der Waals surface area contributed by atoms with Gasteiger partial charge in [-0.1, -0.05) is 6.92 Å². The van der Waals surface area contributed by atoms with Crippen molar-refractivity contribution in [2.45, 2.75) is 19.9 Å². The van der Waals surface area contributed by atoms with E-state index in [1.807, 2.05) is 0 Å². The number of nitrogens with two attached hydrogens (primary N) is 1. The van der Waals surface area contributed by atoms with Gasteiger partial charge in [0, 0.05) is 25.7 Å². The van der Waals surface area contributed by atoms with Gasteiger partial charge < -0.3 is 15.6 Å². The van der Waals surface area contributed by atoms with E-state index >= 15 is 0 Å². The number of piperazine rings is 1. The van der Waals surface area contributed by atoms with Crippen LogP contribution in [0.3, 0.4) is 0 Å². The molecule has 2 aromatic rings. The van der Waals surface area contributed by atoms with Crippen molar-refractivity contribution in [1.82, 2.24) is 24.8 Å². The molecular weight excluding hydrogens is 242 g/mol. The first-order valence-corrected chi connectivity index (χ1v) is 6.64. The largest absolute Gasteiger partial charge is 0.368 e. The first-order valence-electron chi connectivity index (χ1n) is 6.64. The Morgan fingerprint density at radius 2 is 2.26 bits per heavy atom. The third-order valence-corrected chi connectivity index (χ3v) is 3.75. The van der Waals surface area contributed by atoms with E-state index in [-0.39, 0.29) is 5.95 Å². The number of imidazole rings is 1. The molecule has 0 aromatic carbocycles. The highest BCUT2D eigenvalue weighted by molar-refractivity contribution is 5.84. The van der Waals surface area contributed by atoms with E-state index in [4.69, 9.17) is 5.73 Å². The predicted molar refractivity (Wildman–Crippen MR) is 75.0 cm³/mol. The maximum atomic E-state index is 5.77.